The maximum Gasteiger partial charge on any atom is 0.338 e. The van der Waals surface area contributed by atoms with Crippen LogP contribution in [-0.2, 0) is 9.53 Å². The number of hydrogen-bond acceptors (Lipinski definition) is 8. The monoisotopic (exact) mass is 584 g/mol. The number of nitrogens with zero attached hydrogens (tertiary/aromatic N) is 2. The van der Waals surface area contributed by atoms with Crippen LogP contribution in [0.15, 0.2) is 57.5 Å². The quantitative estimate of drug-likeness (QED) is 0.328. The summed E-state index contributed by atoms with van der Waals surface area (Å²) < 4.78 is 24.8. The molecule has 0 N–H and O–H groups in total. The summed E-state index contributed by atoms with van der Waals surface area (Å²) in [5, 5.41) is 0.366. The van der Waals surface area contributed by atoms with Crippen LogP contribution in [0.5, 0.6) is 17.2 Å². The Morgan fingerprint density at radius 2 is 1.82 bits per heavy atom. The number of esters is 1. The van der Waals surface area contributed by atoms with Crippen LogP contribution in [0.4, 0.5) is 0 Å². The average Bonchev–Trinajstić information content (AvgIpc) is 3.18. The summed E-state index contributed by atoms with van der Waals surface area (Å²) in [5.41, 5.74) is 1.79. The van der Waals surface area contributed by atoms with Gasteiger partial charge in [-0.15, -0.1) is 0 Å². The second kappa shape index (κ2) is 12.3. The zero-order valence-corrected chi connectivity index (χ0v) is 25.2. The molecular formula is C30H33ClN2O6S. The molecule has 10 heteroatoms. The van der Waals surface area contributed by atoms with Gasteiger partial charge in [-0.2, -0.15) is 0 Å². The number of carbonyl (C=O) groups excluding carboxylic acids is 1. The third-order valence-electron chi connectivity index (χ3n) is 6.00. The molecule has 1 aliphatic rings. The molecule has 4 rings (SSSR count). The van der Waals surface area contributed by atoms with Crippen LogP contribution >= 0.6 is 22.9 Å². The van der Waals surface area contributed by atoms with Gasteiger partial charge in [0, 0.05) is 5.56 Å². The van der Waals surface area contributed by atoms with Crippen molar-refractivity contribution in [3.63, 3.8) is 0 Å². The minimum absolute atomic E-state index is 0.0969. The molecule has 0 amide bonds. The molecule has 0 saturated heterocycles. The molecule has 2 heterocycles. The summed E-state index contributed by atoms with van der Waals surface area (Å²) in [6, 6.07) is 10.1. The highest BCUT2D eigenvalue weighted by molar-refractivity contribution is 7.07. The van der Waals surface area contributed by atoms with Crippen molar-refractivity contribution >= 4 is 35.0 Å². The van der Waals surface area contributed by atoms with Gasteiger partial charge in [-0.3, -0.25) is 9.36 Å². The lowest BCUT2D eigenvalue weighted by atomic mass is 9.95. The van der Waals surface area contributed by atoms with Crippen LogP contribution in [0, 0.1) is 0 Å². The normalized spacial score (nSPS) is 15.2. The van der Waals surface area contributed by atoms with E-state index in [0.717, 1.165) is 0 Å². The van der Waals surface area contributed by atoms with Gasteiger partial charge in [-0.1, -0.05) is 41.1 Å². The number of benzene rings is 2. The van der Waals surface area contributed by atoms with Crippen molar-refractivity contribution < 1.29 is 23.7 Å². The summed E-state index contributed by atoms with van der Waals surface area (Å²) in [7, 11) is 1.53. The van der Waals surface area contributed by atoms with E-state index in [0.29, 0.717) is 54.0 Å². The maximum atomic E-state index is 14.0. The van der Waals surface area contributed by atoms with Crippen LogP contribution in [0.3, 0.4) is 0 Å². The average molecular weight is 585 g/mol. The number of thiazole rings is 1. The van der Waals surface area contributed by atoms with E-state index >= 15 is 0 Å². The molecule has 0 radical (unpaired) electrons. The SMILES string of the molecule is CCOC(=O)C1=C(C)N=c2s/c(=C\c3cc(Cl)c(OC(C)C)c(OC)c3)c(=O)n2[C@@H]1c1ccccc1OC(C)C. The smallest absolute Gasteiger partial charge is 0.338 e. The maximum absolute atomic E-state index is 14.0. The molecular weight excluding hydrogens is 552 g/mol. The number of aromatic nitrogens is 1. The molecule has 0 aliphatic carbocycles. The molecule has 1 aromatic heterocycles. The largest absolute Gasteiger partial charge is 0.493 e. The Morgan fingerprint density at radius 3 is 2.48 bits per heavy atom. The Labute approximate surface area is 242 Å². The molecule has 0 fully saturated rings. The summed E-state index contributed by atoms with van der Waals surface area (Å²) in [6.45, 7) is 11.3. The van der Waals surface area contributed by atoms with Crippen molar-refractivity contribution in [1.82, 2.24) is 4.57 Å². The van der Waals surface area contributed by atoms with E-state index in [-0.39, 0.29) is 24.4 Å². The molecule has 8 nitrogen and oxygen atoms in total. The van der Waals surface area contributed by atoms with Crippen molar-refractivity contribution in [2.45, 2.75) is 59.8 Å². The first-order valence-corrected chi connectivity index (χ1v) is 14.2. The lowest BCUT2D eigenvalue weighted by molar-refractivity contribution is -0.139. The highest BCUT2D eigenvalue weighted by atomic mass is 35.5. The first-order chi connectivity index (χ1) is 19.0. The van der Waals surface area contributed by atoms with Gasteiger partial charge in [0.25, 0.3) is 5.56 Å². The Balaban J connectivity index is 1.95. The van der Waals surface area contributed by atoms with Crippen LogP contribution in [0.1, 0.15) is 58.7 Å². The van der Waals surface area contributed by atoms with E-state index in [1.165, 1.54) is 23.0 Å². The Hall–Kier alpha value is -3.56. The second-order valence-electron chi connectivity index (χ2n) is 9.71. The summed E-state index contributed by atoms with van der Waals surface area (Å²) in [5.74, 6) is 0.943. The van der Waals surface area contributed by atoms with Gasteiger partial charge in [-0.25, -0.2) is 9.79 Å². The lowest BCUT2D eigenvalue weighted by Gasteiger charge is -2.26. The van der Waals surface area contributed by atoms with Gasteiger partial charge in [0.05, 0.1) is 46.7 Å². The fraction of sp³-hybridized carbons (Fsp3) is 0.367. The molecule has 0 saturated carbocycles. The molecule has 0 bridgehead atoms. The molecule has 2 aromatic carbocycles. The molecule has 212 valence electrons. The second-order valence-corrected chi connectivity index (χ2v) is 11.1. The molecule has 0 unspecified atom stereocenters. The number of hydrogen-bond donors (Lipinski definition) is 0. The topological polar surface area (TPSA) is 88.4 Å². The minimum Gasteiger partial charge on any atom is -0.493 e. The zero-order valence-electron chi connectivity index (χ0n) is 23.6. The number of halogens is 1. The number of allylic oxidation sites excluding steroid dienone is 1. The number of para-hydroxylation sites is 1. The van der Waals surface area contributed by atoms with Gasteiger partial charge in [-0.05, 0) is 71.4 Å². The first-order valence-electron chi connectivity index (χ1n) is 13.0. The third-order valence-corrected chi connectivity index (χ3v) is 7.26. The molecule has 40 heavy (non-hydrogen) atoms. The van der Waals surface area contributed by atoms with Crippen molar-refractivity contribution in [2.24, 2.45) is 4.99 Å². The van der Waals surface area contributed by atoms with Gasteiger partial charge >= 0.3 is 5.97 Å². The van der Waals surface area contributed by atoms with E-state index in [2.05, 4.69) is 4.99 Å². The lowest BCUT2D eigenvalue weighted by Crippen LogP contribution is -2.40. The number of methoxy groups -OCH3 is 1. The van der Waals surface area contributed by atoms with E-state index in [4.69, 9.17) is 30.5 Å². The van der Waals surface area contributed by atoms with Crippen molar-refractivity contribution in [3.05, 3.63) is 83.5 Å². The first kappa shape index (κ1) is 29.4. The van der Waals surface area contributed by atoms with E-state index in [1.54, 1.807) is 32.1 Å². The minimum atomic E-state index is -0.785. The van der Waals surface area contributed by atoms with Crippen LogP contribution < -0.4 is 29.1 Å². The van der Waals surface area contributed by atoms with Crippen molar-refractivity contribution in [1.29, 1.82) is 0 Å². The van der Waals surface area contributed by atoms with Crippen molar-refractivity contribution in [3.8, 4) is 17.2 Å². The van der Waals surface area contributed by atoms with Gasteiger partial charge in [0.15, 0.2) is 16.3 Å². The Kier molecular flexibility index (Phi) is 9.05. The summed E-state index contributed by atoms with van der Waals surface area (Å²) in [6.07, 6.45) is 1.52. The Bertz CT molecular complexity index is 1640. The van der Waals surface area contributed by atoms with Crippen LogP contribution in [-0.4, -0.2) is 36.5 Å². The molecule has 0 spiro atoms. The van der Waals surface area contributed by atoms with Crippen LogP contribution in [0.2, 0.25) is 5.02 Å². The van der Waals surface area contributed by atoms with E-state index < -0.39 is 12.0 Å². The predicted molar refractivity (Wildman–Crippen MR) is 156 cm³/mol. The number of ether oxygens (including phenoxy) is 4. The van der Waals surface area contributed by atoms with Gasteiger partial charge in [0.2, 0.25) is 0 Å². The van der Waals surface area contributed by atoms with Crippen LogP contribution in [0.25, 0.3) is 6.08 Å². The van der Waals surface area contributed by atoms with Gasteiger partial charge < -0.3 is 18.9 Å². The third kappa shape index (κ3) is 5.95. The Morgan fingerprint density at radius 1 is 1.12 bits per heavy atom. The standard InChI is InChI=1S/C30H33ClN2O6S/c1-8-37-29(35)25-18(6)32-30-33(26(25)20-11-9-10-12-22(20)38-16(2)3)28(34)24(40-30)15-19-13-21(31)27(39-17(4)5)23(14-19)36-7/h9-17,26H,8H2,1-7H3/b24-15-/t26-/m1/s1. The van der Waals surface area contributed by atoms with E-state index in [9.17, 15) is 9.59 Å². The highest BCUT2D eigenvalue weighted by Gasteiger charge is 2.35. The fourth-order valence-corrected chi connectivity index (χ4v) is 5.79. The summed E-state index contributed by atoms with van der Waals surface area (Å²) >= 11 is 7.76. The number of rotatable bonds is 9. The van der Waals surface area contributed by atoms with Crippen molar-refractivity contribution in [2.75, 3.05) is 13.7 Å². The highest BCUT2D eigenvalue weighted by Crippen LogP contribution is 2.38. The molecule has 3 aromatic rings. The van der Waals surface area contributed by atoms with Gasteiger partial charge in [0.1, 0.15) is 11.8 Å². The molecule has 1 aliphatic heterocycles. The zero-order chi connectivity index (χ0) is 29.1. The molecule has 1 atom stereocenters. The number of fused-ring (bicyclic) bond motifs is 1. The number of carbonyl (C=O) groups is 1. The summed E-state index contributed by atoms with van der Waals surface area (Å²) in [4.78, 5) is 32.3. The predicted octanol–water partition coefficient (Wildman–Crippen LogP) is 5.03. The fourth-order valence-electron chi connectivity index (χ4n) is 4.48. The van der Waals surface area contributed by atoms with E-state index in [1.807, 2.05) is 52.0 Å².